The van der Waals surface area contributed by atoms with Crippen LogP contribution in [-0.2, 0) is 19.4 Å². The van der Waals surface area contributed by atoms with E-state index in [9.17, 15) is 13.2 Å². The summed E-state index contributed by atoms with van der Waals surface area (Å²) in [6.45, 7) is 1.99. The molecule has 0 heterocycles. The van der Waals surface area contributed by atoms with Crippen LogP contribution in [0.1, 0.15) is 13.3 Å². The van der Waals surface area contributed by atoms with Gasteiger partial charge in [-0.15, -0.1) is 0 Å². The highest BCUT2D eigenvalue weighted by Gasteiger charge is 2.53. The lowest BCUT2D eigenvalue weighted by molar-refractivity contribution is -0.144. The summed E-state index contributed by atoms with van der Waals surface area (Å²) in [5, 5.41) is -0.607. The normalized spacial score (nSPS) is 23.1. The van der Waals surface area contributed by atoms with E-state index in [1.54, 1.807) is 37.3 Å². The number of ether oxygens (including phenoxy) is 1. The smallest absolute Gasteiger partial charge is 0.310 e. The van der Waals surface area contributed by atoms with Crippen molar-refractivity contribution in [1.82, 2.24) is 0 Å². The lowest BCUT2D eigenvalue weighted by Crippen LogP contribution is -2.15. The summed E-state index contributed by atoms with van der Waals surface area (Å²) in [6.07, 6.45) is 0.371. The quantitative estimate of drug-likeness (QED) is 0.762. The standard InChI is InChI=1S/C12H14O4S/c1-2-16-12(13)10-8-11(10)17(14,15)9-6-4-3-5-7-9/h3-7,10-11H,2,8H2,1H3/t10-,11-/m0/s1. The zero-order valence-corrected chi connectivity index (χ0v) is 10.3. The Bertz CT molecular complexity index is 507. The molecule has 0 aliphatic heterocycles. The maximum atomic E-state index is 12.1. The average Bonchev–Trinajstić information content (AvgIpc) is 3.11. The van der Waals surface area contributed by atoms with Gasteiger partial charge in [-0.1, -0.05) is 18.2 Å². The summed E-state index contributed by atoms with van der Waals surface area (Å²) in [4.78, 5) is 11.7. The summed E-state index contributed by atoms with van der Waals surface area (Å²) < 4.78 is 29.0. The van der Waals surface area contributed by atoms with Crippen molar-refractivity contribution in [3.63, 3.8) is 0 Å². The molecule has 0 spiro atoms. The lowest BCUT2D eigenvalue weighted by Gasteiger charge is -2.03. The molecule has 0 radical (unpaired) electrons. The predicted octanol–water partition coefficient (Wildman–Crippen LogP) is 1.41. The predicted molar refractivity (Wildman–Crippen MR) is 62.2 cm³/mol. The van der Waals surface area contributed by atoms with Crippen molar-refractivity contribution in [3.05, 3.63) is 30.3 Å². The zero-order valence-electron chi connectivity index (χ0n) is 9.50. The molecule has 1 fully saturated rings. The van der Waals surface area contributed by atoms with Gasteiger partial charge in [0.2, 0.25) is 0 Å². The molecule has 2 rings (SSSR count). The maximum absolute atomic E-state index is 12.1. The highest BCUT2D eigenvalue weighted by Crippen LogP contribution is 2.41. The average molecular weight is 254 g/mol. The number of hydrogen-bond acceptors (Lipinski definition) is 4. The van der Waals surface area contributed by atoms with E-state index in [0.29, 0.717) is 6.42 Å². The van der Waals surface area contributed by atoms with Gasteiger partial charge in [-0.25, -0.2) is 8.42 Å². The molecular weight excluding hydrogens is 240 g/mol. The van der Waals surface area contributed by atoms with E-state index in [-0.39, 0.29) is 11.5 Å². The van der Waals surface area contributed by atoms with Crippen LogP contribution in [0.3, 0.4) is 0 Å². The van der Waals surface area contributed by atoms with Crippen LogP contribution in [0.4, 0.5) is 0 Å². The number of sulfone groups is 1. The van der Waals surface area contributed by atoms with Gasteiger partial charge in [-0.05, 0) is 25.5 Å². The fourth-order valence-electron chi connectivity index (χ4n) is 1.80. The van der Waals surface area contributed by atoms with E-state index < -0.39 is 27.0 Å². The Labute approximate surface area is 101 Å². The Morgan fingerprint density at radius 1 is 1.35 bits per heavy atom. The second kappa shape index (κ2) is 4.49. The molecule has 5 heteroatoms. The first kappa shape index (κ1) is 12.1. The van der Waals surface area contributed by atoms with Crippen LogP contribution >= 0.6 is 0 Å². The summed E-state index contributed by atoms with van der Waals surface area (Å²) in [7, 11) is -3.38. The second-order valence-electron chi connectivity index (χ2n) is 3.99. The molecule has 1 aromatic rings. The van der Waals surface area contributed by atoms with E-state index in [2.05, 4.69) is 0 Å². The van der Waals surface area contributed by atoms with Gasteiger partial charge in [0.1, 0.15) is 0 Å². The van der Waals surface area contributed by atoms with Crippen molar-refractivity contribution in [3.8, 4) is 0 Å². The summed E-state index contributed by atoms with van der Waals surface area (Å²) in [5.41, 5.74) is 0. The Hall–Kier alpha value is -1.36. The Kier molecular flexibility index (Phi) is 3.19. The van der Waals surface area contributed by atoms with Gasteiger partial charge in [-0.3, -0.25) is 4.79 Å². The van der Waals surface area contributed by atoms with Gasteiger partial charge in [0, 0.05) is 0 Å². The van der Waals surface area contributed by atoms with Crippen LogP contribution in [0, 0.1) is 5.92 Å². The monoisotopic (exact) mass is 254 g/mol. The number of carbonyl (C=O) groups excluding carboxylic acids is 1. The van der Waals surface area contributed by atoms with Crippen molar-refractivity contribution in [2.45, 2.75) is 23.5 Å². The minimum atomic E-state index is -3.38. The van der Waals surface area contributed by atoms with Crippen molar-refractivity contribution in [2.75, 3.05) is 6.61 Å². The van der Waals surface area contributed by atoms with E-state index in [0.717, 1.165) is 0 Å². The SMILES string of the molecule is CCOC(=O)[C@H]1C[C@@H]1S(=O)(=O)c1ccccc1. The summed E-state index contributed by atoms with van der Waals surface area (Å²) in [5.74, 6) is -0.892. The topological polar surface area (TPSA) is 60.4 Å². The first-order valence-electron chi connectivity index (χ1n) is 5.53. The third-order valence-corrected chi connectivity index (χ3v) is 5.04. The van der Waals surface area contributed by atoms with Crippen molar-refractivity contribution < 1.29 is 17.9 Å². The Morgan fingerprint density at radius 2 is 2.00 bits per heavy atom. The van der Waals surface area contributed by atoms with Gasteiger partial charge >= 0.3 is 5.97 Å². The first-order valence-corrected chi connectivity index (χ1v) is 7.07. The minimum Gasteiger partial charge on any atom is -0.466 e. The fourth-order valence-corrected chi connectivity index (χ4v) is 3.69. The van der Waals surface area contributed by atoms with E-state index >= 15 is 0 Å². The molecule has 4 nitrogen and oxygen atoms in total. The van der Waals surface area contributed by atoms with Crippen LogP contribution in [0.2, 0.25) is 0 Å². The summed E-state index contributed by atoms with van der Waals surface area (Å²) >= 11 is 0. The van der Waals surface area contributed by atoms with Crippen LogP contribution in [-0.4, -0.2) is 26.2 Å². The highest BCUT2D eigenvalue weighted by molar-refractivity contribution is 7.92. The van der Waals surface area contributed by atoms with Crippen LogP contribution < -0.4 is 0 Å². The first-order chi connectivity index (χ1) is 8.07. The molecule has 1 aliphatic rings. The van der Waals surface area contributed by atoms with Gasteiger partial charge in [0.05, 0.1) is 22.7 Å². The van der Waals surface area contributed by atoms with Crippen molar-refractivity contribution in [2.24, 2.45) is 5.92 Å². The number of carbonyl (C=O) groups is 1. The molecule has 17 heavy (non-hydrogen) atoms. The van der Waals surface area contributed by atoms with Crippen LogP contribution in [0.5, 0.6) is 0 Å². The summed E-state index contributed by atoms with van der Waals surface area (Å²) in [6, 6.07) is 8.21. The minimum absolute atomic E-state index is 0.275. The van der Waals surface area contributed by atoms with Gasteiger partial charge in [0.25, 0.3) is 0 Å². The number of rotatable bonds is 4. The largest absolute Gasteiger partial charge is 0.466 e. The molecule has 2 atom stereocenters. The number of hydrogen-bond donors (Lipinski definition) is 0. The molecule has 0 saturated heterocycles. The molecule has 0 unspecified atom stereocenters. The van der Waals surface area contributed by atoms with E-state index in [1.807, 2.05) is 0 Å². The number of benzene rings is 1. The maximum Gasteiger partial charge on any atom is 0.310 e. The molecule has 0 amide bonds. The Balaban J connectivity index is 2.13. The van der Waals surface area contributed by atoms with Crippen LogP contribution in [0.15, 0.2) is 35.2 Å². The van der Waals surface area contributed by atoms with E-state index in [4.69, 9.17) is 4.74 Å². The van der Waals surface area contributed by atoms with Crippen LogP contribution in [0.25, 0.3) is 0 Å². The molecule has 0 aromatic heterocycles. The zero-order chi connectivity index (χ0) is 12.5. The third kappa shape index (κ3) is 2.34. The molecular formula is C12H14O4S. The fraction of sp³-hybridized carbons (Fsp3) is 0.417. The lowest BCUT2D eigenvalue weighted by atomic mass is 10.4. The van der Waals surface area contributed by atoms with Gasteiger partial charge < -0.3 is 4.74 Å². The molecule has 1 aromatic carbocycles. The molecule has 1 aliphatic carbocycles. The van der Waals surface area contributed by atoms with Gasteiger partial charge in [0.15, 0.2) is 9.84 Å². The molecule has 0 N–H and O–H groups in total. The highest BCUT2D eigenvalue weighted by atomic mass is 32.2. The number of esters is 1. The molecule has 0 bridgehead atoms. The van der Waals surface area contributed by atoms with E-state index in [1.165, 1.54) is 0 Å². The second-order valence-corrected chi connectivity index (χ2v) is 6.16. The molecule has 92 valence electrons. The third-order valence-electron chi connectivity index (χ3n) is 2.79. The van der Waals surface area contributed by atoms with Crippen molar-refractivity contribution >= 4 is 15.8 Å². The van der Waals surface area contributed by atoms with Gasteiger partial charge in [-0.2, -0.15) is 0 Å². The molecule has 1 saturated carbocycles. The van der Waals surface area contributed by atoms with Crippen molar-refractivity contribution in [1.29, 1.82) is 0 Å². The Morgan fingerprint density at radius 3 is 2.59 bits per heavy atom.